The van der Waals surface area contributed by atoms with Crippen LogP contribution in [0.1, 0.15) is 50.8 Å². The molecule has 1 saturated heterocycles. The lowest BCUT2D eigenvalue weighted by molar-refractivity contribution is -0.146. The second-order valence-corrected chi connectivity index (χ2v) is 9.43. The van der Waals surface area contributed by atoms with Crippen LogP contribution in [0.15, 0.2) is 36.5 Å². The first-order chi connectivity index (χ1) is 16.2. The van der Waals surface area contributed by atoms with Gasteiger partial charge in [-0.05, 0) is 75.5 Å². The van der Waals surface area contributed by atoms with Crippen molar-refractivity contribution in [2.45, 2.75) is 52.1 Å². The van der Waals surface area contributed by atoms with Crippen LogP contribution in [-0.4, -0.2) is 59.9 Å². The number of amides is 2. The molecule has 1 fully saturated rings. The molecule has 3 atom stereocenters. The Morgan fingerprint density at radius 2 is 2.06 bits per heavy atom. The van der Waals surface area contributed by atoms with Gasteiger partial charge in [0.15, 0.2) is 0 Å². The Kier molecular flexibility index (Phi) is 8.50. The molecule has 2 aromatic rings. The molecule has 1 aromatic heterocycles. The molecule has 0 aliphatic carbocycles. The van der Waals surface area contributed by atoms with Crippen molar-refractivity contribution in [3.05, 3.63) is 47.7 Å². The van der Waals surface area contributed by atoms with Gasteiger partial charge in [0, 0.05) is 12.6 Å². The van der Waals surface area contributed by atoms with E-state index in [1.54, 1.807) is 11.0 Å². The van der Waals surface area contributed by atoms with Gasteiger partial charge in [-0.1, -0.05) is 26.0 Å². The molecule has 0 radical (unpaired) electrons. The van der Waals surface area contributed by atoms with E-state index in [-0.39, 0.29) is 12.1 Å². The van der Waals surface area contributed by atoms with Crippen LogP contribution in [0, 0.1) is 5.92 Å². The molecule has 1 aliphatic rings. The van der Waals surface area contributed by atoms with E-state index in [2.05, 4.69) is 29.0 Å². The predicted octanol–water partition coefficient (Wildman–Crippen LogP) is 3.49. The molecule has 0 saturated carbocycles. The van der Waals surface area contributed by atoms with Crippen molar-refractivity contribution >= 4 is 23.3 Å². The molecule has 8 nitrogen and oxygen atoms in total. The van der Waals surface area contributed by atoms with Gasteiger partial charge in [-0.15, -0.1) is 0 Å². The number of ether oxygens (including phenoxy) is 1. The van der Waals surface area contributed by atoms with Gasteiger partial charge < -0.3 is 25.6 Å². The maximum absolute atomic E-state index is 13.3. The number of pyridine rings is 1. The fourth-order valence-electron chi connectivity index (χ4n) is 4.09. The number of piperidine rings is 1. The Morgan fingerprint density at radius 1 is 1.29 bits per heavy atom. The standard InChI is InChI=1S/C26H37N5O3/c1-6-19-12-21(14-28-24(19)27)29-25(32)26(33)31-15-17(2)10-11-23(31)20-8-7-9-22(13-20)34-16-18(3)30(4)5/h7-9,12-14,17-18,23H,6,10-11,15-16H2,1-5H3,(H2,27,28)(H,29,32)/t17-,18+,23+/m0/s1. The highest BCUT2D eigenvalue weighted by Gasteiger charge is 2.34. The monoisotopic (exact) mass is 467 g/mol. The van der Waals surface area contributed by atoms with Crippen molar-refractivity contribution in [3.8, 4) is 5.75 Å². The van der Waals surface area contributed by atoms with Gasteiger partial charge in [0.05, 0.1) is 17.9 Å². The van der Waals surface area contributed by atoms with Crippen molar-refractivity contribution < 1.29 is 14.3 Å². The lowest BCUT2D eigenvalue weighted by Gasteiger charge is -2.38. The summed E-state index contributed by atoms with van der Waals surface area (Å²) in [4.78, 5) is 34.1. The minimum atomic E-state index is -0.667. The highest BCUT2D eigenvalue weighted by Crippen LogP contribution is 2.35. The molecule has 1 aromatic carbocycles. The third-order valence-electron chi connectivity index (χ3n) is 6.53. The van der Waals surface area contributed by atoms with Crippen LogP contribution >= 0.6 is 0 Å². The second kappa shape index (κ2) is 11.3. The molecule has 3 N–H and O–H groups in total. The summed E-state index contributed by atoms with van der Waals surface area (Å²) in [5.74, 6) is 0.303. The predicted molar refractivity (Wildman–Crippen MR) is 135 cm³/mol. The topological polar surface area (TPSA) is 101 Å². The van der Waals surface area contributed by atoms with Crippen LogP contribution in [0.2, 0.25) is 0 Å². The largest absolute Gasteiger partial charge is 0.492 e. The van der Waals surface area contributed by atoms with E-state index in [9.17, 15) is 9.59 Å². The molecular formula is C26H37N5O3. The molecule has 0 unspecified atom stereocenters. The van der Waals surface area contributed by atoms with E-state index in [0.29, 0.717) is 37.0 Å². The molecule has 3 rings (SSSR count). The molecule has 2 heterocycles. The van der Waals surface area contributed by atoms with Crippen molar-refractivity contribution in [3.63, 3.8) is 0 Å². The normalized spacial score (nSPS) is 19.1. The number of carbonyl (C=O) groups excluding carboxylic acids is 2. The SMILES string of the molecule is CCc1cc(NC(=O)C(=O)N2C[C@@H](C)CC[C@@H]2c2cccc(OC[C@@H](C)N(C)C)c2)cnc1N. The zero-order valence-corrected chi connectivity index (χ0v) is 20.9. The van der Waals surface area contributed by atoms with Gasteiger partial charge in [-0.3, -0.25) is 9.59 Å². The van der Waals surface area contributed by atoms with E-state index in [1.807, 2.05) is 45.3 Å². The van der Waals surface area contributed by atoms with E-state index in [4.69, 9.17) is 10.5 Å². The fraction of sp³-hybridized carbons (Fsp3) is 0.500. The number of nitrogens with zero attached hydrogens (tertiary/aromatic N) is 3. The van der Waals surface area contributed by atoms with Crippen molar-refractivity contribution in [2.24, 2.45) is 5.92 Å². The average Bonchev–Trinajstić information content (AvgIpc) is 2.83. The first-order valence-corrected chi connectivity index (χ1v) is 11.9. The number of nitrogen functional groups attached to an aromatic ring is 1. The first kappa shape index (κ1) is 25.5. The van der Waals surface area contributed by atoms with Gasteiger partial charge in [0.25, 0.3) is 0 Å². The number of nitrogens with two attached hydrogens (primary N) is 1. The highest BCUT2D eigenvalue weighted by molar-refractivity contribution is 6.39. The summed E-state index contributed by atoms with van der Waals surface area (Å²) < 4.78 is 5.99. The number of hydrogen-bond acceptors (Lipinski definition) is 6. The maximum atomic E-state index is 13.3. The minimum absolute atomic E-state index is 0.181. The Morgan fingerprint density at radius 3 is 2.76 bits per heavy atom. The molecule has 1 aliphatic heterocycles. The zero-order valence-electron chi connectivity index (χ0n) is 20.9. The maximum Gasteiger partial charge on any atom is 0.313 e. The quantitative estimate of drug-likeness (QED) is 0.605. The first-order valence-electron chi connectivity index (χ1n) is 11.9. The summed E-state index contributed by atoms with van der Waals surface area (Å²) >= 11 is 0. The van der Waals surface area contributed by atoms with E-state index < -0.39 is 11.8 Å². The van der Waals surface area contributed by atoms with Crippen molar-refractivity contribution in [2.75, 3.05) is 38.3 Å². The Bertz CT molecular complexity index is 1010. The smallest absolute Gasteiger partial charge is 0.313 e. The number of likely N-dealkylation sites (tertiary alicyclic amines) is 1. The van der Waals surface area contributed by atoms with E-state index in [0.717, 1.165) is 29.7 Å². The molecule has 8 heteroatoms. The number of benzene rings is 1. The number of rotatable bonds is 7. The number of aryl methyl sites for hydroxylation is 1. The highest BCUT2D eigenvalue weighted by atomic mass is 16.5. The summed E-state index contributed by atoms with van der Waals surface area (Å²) in [7, 11) is 4.04. The number of hydrogen-bond donors (Lipinski definition) is 2. The summed E-state index contributed by atoms with van der Waals surface area (Å²) in [5, 5.41) is 2.70. The zero-order chi connectivity index (χ0) is 24.8. The number of aromatic nitrogens is 1. The Hall–Kier alpha value is -3.13. The average molecular weight is 468 g/mol. The minimum Gasteiger partial charge on any atom is -0.492 e. The van der Waals surface area contributed by atoms with Crippen LogP contribution in [0.25, 0.3) is 0 Å². The third-order valence-corrected chi connectivity index (χ3v) is 6.53. The second-order valence-electron chi connectivity index (χ2n) is 9.43. The van der Waals surface area contributed by atoms with Crippen LogP contribution < -0.4 is 15.8 Å². The molecule has 2 amide bonds. The van der Waals surface area contributed by atoms with Gasteiger partial charge in [0.2, 0.25) is 0 Å². The van der Waals surface area contributed by atoms with Gasteiger partial charge in [-0.25, -0.2) is 4.98 Å². The van der Waals surface area contributed by atoms with Crippen LogP contribution in [0.4, 0.5) is 11.5 Å². The lowest BCUT2D eigenvalue weighted by Crippen LogP contribution is -2.46. The summed E-state index contributed by atoms with van der Waals surface area (Å²) in [6, 6.07) is 9.71. The van der Waals surface area contributed by atoms with E-state index >= 15 is 0 Å². The number of anilines is 2. The van der Waals surface area contributed by atoms with Crippen molar-refractivity contribution in [1.29, 1.82) is 0 Å². The molecule has 0 spiro atoms. The van der Waals surface area contributed by atoms with E-state index in [1.165, 1.54) is 6.20 Å². The molecule has 34 heavy (non-hydrogen) atoms. The number of likely N-dealkylation sites (N-methyl/N-ethyl adjacent to an activating group) is 1. The summed E-state index contributed by atoms with van der Waals surface area (Å²) in [5.41, 5.74) is 8.13. The van der Waals surface area contributed by atoms with Crippen LogP contribution in [0.5, 0.6) is 5.75 Å². The lowest BCUT2D eigenvalue weighted by atomic mass is 9.89. The third kappa shape index (κ3) is 6.26. The fourth-order valence-corrected chi connectivity index (χ4v) is 4.09. The Balaban J connectivity index is 1.76. The van der Waals surface area contributed by atoms with Gasteiger partial charge >= 0.3 is 11.8 Å². The summed E-state index contributed by atoms with van der Waals surface area (Å²) in [6.45, 7) is 7.26. The molecular weight excluding hydrogens is 430 g/mol. The summed E-state index contributed by atoms with van der Waals surface area (Å²) in [6.07, 6.45) is 3.95. The van der Waals surface area contributed by atoms with Gasteiger partial charge in [0.1, 0.15) is 18.2 Å². The molecule has 0 bridgehead atoms. The van der Waals surface area contributed by atoms with Crippen LogP contribution in [0.3, 0.4) is 0 Å². The van der Waals surface area contributed by atoms with Crippen molar-refractivity contribution in [1.82, 2.24) is 14.8 Å². The number of nitrogens with one attached hydrogen (secondary N) is 1. The van der Waals surface area contributed by atoms with Crippen LogP contribution in [-0.2, 0) is 16.0 Å². The van der Waals surface area contributed by atoms with Gasteiger partial charge in [-0.2, -0.15) is 0 Å². The Labute approximate surface area is 202 Å². The molecule has 184 valence electrons. The number of carbonyl (C=O) groups is 2.